The third kappa shape index (κ3) is 3.45. The Balaban J connectivity index is 4.08. The van der Waals surface area contributed by atoms with Crippen LogP contribution in [-0.4, -0.2) is 26.3 Å². The lowest BCUT2D eigenvalue weighted by molar-refractivity contribution is 0.504. The predicted molar refractivity (Wildman–Crippen MR) is 39.2 cm³/mol. The second kappa shape index (κ2) is 3.56. The van der Waals surface area contributed by atoms with E-state index in [1.807, 2.05) is 0 Å². The Labute approximate surface area is 61.2 Å². The summed E-state index contributed by atoms with van der Waals surface area (Å²) in [6.07, 6.45) is 0. The molecule has 0 aliphatic heterocycles. The molecule has 0 heterocycles. The highest BCUT2D eigenvalue weighted by atomic mass is 32.2. The van der Waals surface area contributed by atoms with Gasteiger partial charge in [0.05, 0.1) is 6.54 Å². The molecule has 0 aromatic carbocycles. The predicted octanol–water partition coefficient (Wildman–Crippen LogP) is -0.855. The van der Waals surface area contributed by atoms with E-state index in [9.17, 15) is 8.42 Å². The highest BCUT2D eigenvalue weighted by Crippen LogP contribution is 1.85. The molecule has 0 aromatic rings. The SMILES string of the molecule is CC#CCN(C)S(N)(=O)=O. The van der Waals surface area contributed by atoms with Gasteiger partial charge in [-0.2, -0.15) is 12.7 Å². The van der Waals surface area contributed by atoms with Crippen molar-refractivity contribution in [3.05, 3.63) is 0 Å². The van der Waals surface area contributed by atoms with E-state index in [1.54, 1.807) is 6.92 Å². The van der Waals surface area contributed by atoms with Gasteiger partial charge in [0, 0.05) is 7.05 Å². The lowest BCUT2D eigenvalue weighted by atomic mass is 10.6. The van der Waals surface area contributed by atoms with Crippen LogP contribution in [0.5, 0.6) is 0 Å². The Bertz CT molecular complexity index is 247. The first-order chi connectivity index (χ1) is 4.48. The first-order valence-corrected chi connectivity index (χ1v) is 4.12. The van der Waals surface area contributed by atoms with E-state index in [4.69, 9.17) is 5.14 Å². The molecule has 0 aromatic heterocycles. The van der Waals surface area contributed by atoms with E-state index in [2.05, 4.69) is 11.8 Å². The van der Waals surface area contributed by atoms with E-state index in [1.165, 1.54) is 7.05 Å². The maximum Gasteiger partial charge on any atom is 0.277 e. The average molecular weight is 162 g/mol. The Hall–Kier alpha value is -0.570. The molecule has 10 heavy (non-hydrogen) atoms. The number of hydrogen-bond acceptors (Lipinski definition) is 2. The van der Waals surface area contributed by atoms with Crippen molar-refractivity contribution < 1.29 is 8.42 Å². The van der Waals surface area contributed by atoms with Crippen LogP contribution >= 0.6 is 0 Å². The summed E-state index contributed by atoms with van der Waals surface area (Å²) in [6, 6.07) is 0. The normalized spacial score (nSPS) is 10.8. The van der Waals surface area contributed by atoms with Crippen molar-refractivity contribution in [3.8, 4) is 11.8 Å². The third-order valence-corrected chi connectivity index (χ3v) is 1.91. The van der Waals surface area contributed by atoms with Crippen LogP contribution in [0.15, 0.2) is 0 Å². The standard InChI is InChI=1S/C5H10N2O2S/c1-3-4-5-7(2)10(6,8)9/h5H2,1-2H3,(H2,6,8,9). The van der Waals surface area contributed by atoms with Gasteiger partial charge in [-0.15, -0.1) is 5.92 Å². The van der Waals surface area contributed by atoms with Crippen molar-refractivity contribution in [2.24, 2.45) is 5.14 Å². The molecule has 0 aliphatic rings. The van der Waals surface area contributed by atoms with E-state index < -0.39 is 10.2 Å². The van der Waals surface area contributed by atoms with Gasteiger partial charge in [0.1, 0.15) is 0 Å². The van der Waals surface area contributed by atoms with Crippen molar-refractivity contribution in [2.45, 2.75) is 6.92 Å². The van der Waals surface area contributed by atoms with E-state index >= 15 is 0 Å². The number of nitrogens with two attached hydrogens (primary N) is 1. The summed E-state index contributed by atoms with van der Waals surface area (Å²) in [5, 5.41) is 4.75. The maximum absolute atomic E-state index is 10.5. The lowest BCUT2D eigenvalue weighted by Gasteiger charge is -2.07. The van der Waals surface area contributed by atoms with Gasteiger partial charge < -0.3 is 0 Å². The molecule has 0 amide bonds. The van der Waals surface area contributed by atoms with Crippen molar-refractivity contribution in [1.29, 1.82) is 0 Å². The zero-order valence-corrected chi connectivity index (χ0v) is 6.77. The summed E-state index contributed by atoms with van der Waals surface area (Å²) in [4.78, 5) is 0. The van der Waals surface area contributed by atoms with Crippen LogP contribution in [0.3, 0.4) is 0 Å². The van der Waals surface area contributed by atoms with Crippen LogP contribution in [0.4, 0.5) is 0 Å². The van der Waals surface area contributed by atoms with Crippen molar-refractivity contribution in [3.63, 3.8) is 0 Å². The van der Waals surface area contributed by atoms with Gasteiger partial charge in [-0.3, -0.25) is 0 Å². The minimum atomic E-state index is -3.54. The topological polar surface area (TPSA) is 63.4 Å². The van der Waals surface area contributed by atoms with Crippen LogP contribution in [0.25, 0.3) is 0 Å². The van der Waals surface area contributed by atoms with E-state index in [0.29, 0.717) is 0 Å². The monoisotopic (exact) mass is 162 g/mol. The molecular formula is C5H10N2O2S. The largest absolute Gasteiger partial charge is 0.277 e. The first kappa shape index (κ1) is 9.43. The Morgan fingerprint density at radius 3 is 2.40 bits per heavy atom. The highest BCUT2D eigenvalue weighted by molar-refractivity contribution is 7.86. The second-order valence-electron chi connectivity index (χ2n) is 1.73. The minimum absolute atomic E-state index is 0.148. The van der Waals surface area contributed by atoms with E-state index in [-0.39, 0.29) is 6.54 Å². The summed E-state index contributed by atoms with van der Waals surface area (Å²) >= 11 is 0. The molecule has 0 rings (SSSR count). The second-order valence-corrected chi connectivity index (χ2v) is 3.38. The number of hydrogen-bond donors (Lipinski definition) is 1. The van der Waals surface area contributed by atoms with Gasteiger partial charge in [-0.25, -0.2) is 5.14 Å². The molecule has 0 radical (unpaired) electrons. The summed E-state index contributed by atoms with van der Waals surface area (Å²) < 4.78 is 21.9. The zero-order valence-electron chi connectivity index (χ0n) is 5.96. The zero-order chi connectivity index (χ0) is 8.20. The molecule has 0 saturated carbocycles. The number of rotatable bonds is 2. The Morgan fingerprint density at radius 2 is 2.10 bits per heavy atom. The smallest absolute Gasteiger partial charge is 0.216 e. The first-order valence-electron chi connectivity index (χ1n) is 2.62. The molecule has 5 heteroatoms. The van der Waals surface area contributed by atoms with Gasteiger partial charge >= 0.3 is 0 Å². The lowest BCUT2D eigenvalue weighted by Crippen LogP contribution is -2.33. The average Bonchev–Trinajstić information content (AvgIpc) is 1.80. The van der Waals surface area contributed by atoms with Crippen LogP contribution in [-0.2, 0) is 10.2 Å². The molecule has 0 unspecified atom stereocenters. The fraction of sp³-hybridized carbons (Fsp3) is 0.600. The van der Waals surface area contributed by atoms with Gasteiger partial charge in [-0.1, -0.05) is 5.92 Å². The van der Waals surface area contributed by atoms with Crippen LogP contribution < -0.4 is 5.14 Å². The molecule has 0 spiro atoms. The maximum atomic E-state index is 10.5. The van der Waals surface area contributed by atoms with Gasteiger partial charge in [0.25, 0.3) is 10.2 Å². The summed E-state index contributed by atoms with van der Waals surface area (Å²) in [7, 11) is -2.17. The van der Waals surface area contributed by atoms with E-state index in [0.717, 1.165) is 4.31 Å². The van der Waals surface area contributed by atoms with Crippen molar-refractivity contribution in [2.75, 3.05) is 13.6 Å². The highest BCUT2D eigenvalue weighted by Gasteiger charge is 2.07. The number of nitrogens with zero attached hydrogens (tertiary/aromatic N) is 1. The quantitative estimate of drug-likeness (QED) is 0.537. The molecule has 4 nitrogen and oxygen atoms in total. The molecule has 0 saturated heterocycles. The summed E-state index contributed by atoms with van der Waals surface area (Å²) in [5.41, 5.74) is 0. The minimum Gasteiger partial charge on any atom is -0.216 e. The van der Waals surface area contributed by atoms with Crippen LogP contribution in [0, 0.1) is 11.8 Å². The molecule has 0 atom stereocenters. The van der Waals surface area contributed by atoms with Crippen molar-refractivity contribution >= 4 is 10.2 Å². The van der Waals surface area contributed by atoms with Gasteiger partial charge in [0.2, 0.25) is 0 Å². The Kier molecular flexibility index (Phi) is 3.36. The summed E-state index contributed by atoms with van der Waals surface area (Å²) in [6.45, 7) is 1.78. The fourth-order valence-electron chi connectivity index (χ4n) is 0.280. The summed E-state index contributed by atoms with van der Waals surface area (Å²) in [5.74, 6) is 5.13. The Morgan fingerprint density at radius 1 is 1.60 bits per heavy atom. The van der Waals surface area contributed by atoms with Crippen LogP contribution in [0.2, 0.25) is 0 Å². The van der Waals surface area contributed by atoms with Gasteiger partial charge in [-0.05, 0) is 6.92 Å². The third-order valence-electron chi connectivity index (χ3n) is 0.913. The van der Waals surface area contributed by atoms with Crippen molar-refractivity contribution in [1.82, 2.24) is 4.31 Å². The molecule has 0 fully saturated rings. The molecule has 2 N–H and O–H groups in total. The molecule has 58 valence electrons. The molecule has 0 bridgehead atoms. The van der Waals surface area contributed by atoms with Crippen LogP contribution in [0.1, 0.15) is 6.92 Å². The fourth-order valence-corrected chi connectivity index (χ4v) is 0.525. The molecular weight excluding hydrogens is 152 g/mol. The van der Waals surface area contributed by atoms with Gasteiger partial charge in [0.15, 0.2) is 0 Å². The molecule has 0 aliphatic carbocycles.